The molecule has 18 heavy (non-hydrogen) atoms. The highest BCUT2D eigenvalue weighted by Crippen LogP contribution is 2.25. The van der Waals surface area contributed by atoms with Gasteiger partial charge in [-0.2, -0.15) is 11.8 Å². The Morgan fingerprint density at radius 1 is 1.06 bits per heavy atom. The van der Waals surface area contributed by atoms with Crippen molar-refractivity contribution in [1.82, 2.24) is 0 Å². The van der Waals surface area contributed by atoms with Crippen LogP contribution < -0.4 is 0 Å². The number of halogens is 3. The van der Waals surface area contributed by atoms with Crippen LogP contribution in [0.4, 0.5) is 4.39 Å². The van der Waals surface area contributed by atoms with Gasteiger partial charge in [-0.05, 0) is 29.3 Å². The number of hydrogen-bond donors (Lipinski definition) is 0. The highest BCUT2D eigenvalue weighted by Gasteiger charge is 2.04. The lowest BCUT2D eigenvalue weighted by Crippen LogP contribution is -1.89. The van der Waals surface area contributed by atoms with Gasteiger partial charge >= 0.3 is 0 Å². The van der Waals surface area contributed by atoms with E-state index in [0.717, 1.165) is 26.4 Å². The molecule has 0 spiro atoms. The molecule has 0 amide bonds. The van der Waals surface area contributed by atoms with E-state index >= 15 is 0 Å². The summed E-state index contributed by atoms with van der Waals surface area (Å²) in [5.74, 6) is 1.26. The van der Waals surface area contributed by atoms with Crippen molar-refractivity contribution in [2.45, 2.75) is 11.5 Å². The molecule has 94 valence electrons. The maximum atomic E-state index is 13.6. The van der Waals surface area contributed by atoms with Crippen LogP contribution in [0.1, 0.15) is 11.1 Å². The lowest BCUT2D eigenvalue weighted by atomic mass is 10.2. The molecule has 0 fully saturated rings. The van der Waals surface area contributed by atoms with Crippen LogP contribution in [0.15, 0.2) is 46.9 Å². The summed E-state index contributed by atoms with van der Waals surface area (Å²) >= 11 is 11.0. The molecule has 0 radical (unpaired) electrons. The number of benzene rings is 2. The first-order valence-electron chi connectivity index (χ1n) is 5.42. The Hall–Kier alpha value is -0.510. The maximum Gasteiger partial charge on any atom is 0.128 e. The summed E-state index contributed by atoms with van der Waals surface area (Å²) in [5, 5.41) is 0.765. The summed E-state index contributed by atoms with van der Waals surface area (Å²) in [6, 6.07) is 12.9. The number of hydrogen-bond acceptors (Lipinski definition) is 1. The second-order valence-corrected chi connectivity index (χ2v) is 6.13. The summed E-state index contributed by atoms with van der Waals surface area (Å²) in [5.41, 5.74) is 1.80. The van der Waals surface area contributed by atoms with Gasteiger partial charge in [0.15, 0.2) is 0 Å². The van der Waals surface area contributed by atoms with Gasteiger partial charge in [0.05, 0.1) is 0 Å². The fourth-order valence-corrected chi connectivity index (χ4v) is 3.17. The molecule has 0 N–H and O–H groups in total. The van der Waals surface area contributed by atoms with E-state index in [2.05, 4.69) is 15.9 Å². The lowest BCUT2D eigenvalue weighted by Gasteiger charge is -2.05. The van der Waals surface area contributed by atoms with Crippen molar-refractivity contribution in [3.63, 3.8) is 0 Å². The number of thioether (sulfide) groups is 1. The maximum absolute atomic E-state index is 13.6. The summed E-state index contributed by atoms with van der Waals surface area (Å²) in [4.78, 5) is 0. The van der Waals surface area contributed by atoms with E-state index in [9.17, 15) is 4.39 Å². The van der Waals surface area contributed by atoms with Crippen LogP contribution in [0.2, 0.25) is 5.02 Å². The van der Waals surface area contributed by atoms with Crippen molar-refractivity contribution in [1.29, 1.82) is 0 Å². The van der Waals surface area contributed by atoms with Crippen molar-refractivity contribution < 1.29 is 4.39 Å². The van der Waals surface area contributed by atoms with Gasteiger partial charge in [-0.25, -0.2) is 4.39 Å². The van der Waals surface area contributed by atoms with Gasteiger partial charge < -0.3 is 0 Å². The second-order valence-electron chi connectivity index (χ2n) is 3.82. The normalized spacial score (nSPS) is 10.6. The first kappa shape index (κ1) is 13.9. The molecule has 0 nitrogen and oxygen atoms in total. The van der Waals surface area contributed by atoms with Crippen molar-refractivity contribution >= 4 is 39.3 Å². The molecule has 0 bridgehead atoms. The van der Waals surface area contributed by atoms with Crippen molar-refractivity contribution in [3.8, 4) is 0 Å². The standard InChI is InChI=1S/C14H11BrClFS/c15-12-6-5-11(14(17)7-12)9-18-8-10-3-1-2-4-13(10)16/h1-7H,8-9H2. The third-order valence-electron chi connectivity index (χ3n) is 2.49. The molecule has 0 saturated heterocycles. The van der Waals surface area contributed by atoms with Crippen LogP contribution in [0.3, 0.4) is 0 Å². The molecule has 2 aromatic carbocycles. The summed E-state index contributed by atoms with van der Waals surface area (Å²) in [6.07, 6.45) is 0. The molecule has 0 atom stereocenters. The van der Waals surface area contributed by atoms with Gasteiger partial charge in [-0.15, -0.1) is 0 Å². The Labute approximate surface area is 124 Å². The molecular formula is C14H11BrClFS. The largest absolute Gasteiger partial charge is 0.207 e. The van der Waals surface area contributed by atoms with Crippen LogP contribution in [0, 0.1) is 5.82 Å². The predicted octanol–water partition coefficient (Wildman–Crippen LogP) is 5.68. The Morgan fingerprint density at radius 3 is 2.50 bits per heavy atom. The van der Waals surface area contributed by atoms with E-state index in [1.165, 1.54) is 6.07 Å². The lowest BCUT2D eigenvalue weighted by molar-refractivity contribution is 0.616. The minimum absolute atomic E-state index is 0.170. The molecule has 0 saturated carbocycles. The topological polar surface area (TPSA) is 0 Å². The molecule has 0 aliphatic carbocycles. The zero-order valence-corrected chi connectivity index (χ0v) is 12.7. The average Bonchev–Trinajstić information content (AvgIpc) is 2.34. The van der Waals surface area contributed by atoms with Gasteiger partial charge in [0.25, 0.3) is 0 Å². The summed E-state index contributed by atoms with van der Waals surface area (Å²) in [6.45, 7) is 0. The molecule has 0 heterocycles. The quantitative estimate of drug-likeness (QED) is 0.687. The fraction of sp³-hybridized carbons (Fsp3) is 0.143. The first-order valence-corrected chi connectivity index (χ1v) is 7.74. The Morgan fingerprint density at radius 2 is 1.78 bits per heavy atom. The molecular weight excluding hydrogens is 335 g/mol. The van der Waals surface area contributed by atoms with Crippen LogP contribution in [-0.4, -0.2) is 0 Å². The Balaban J connectivity index is 1.95. The van der Waals surface area contributed by atoms with E-state index in [-0.39, 0.29) is 5.82 Å². The molecule has 2 aromatic rings. The average molecular weight is 346 g/mol. The van der Waals surface area contributed by atoms with Gasteiger partial charge in [0.1, 0.15) is 5.82 Å². The van der Waals surface area contributed by atoms with E-state index in [0.29, 0.717) is 5.75 Å². The Kier molecular flexibility index (Phi) is 5.10. The van der Waals surface area contributed by atoms with E-state index in [1.807, 2.05) is 30.3 Å². The summed E-state index contributed by atoms with van der Waals surface area (Å²) < 4.78 is 14.3. The van der Waals surface area contributed by atoms with E-state index < -0.39 is 0 Å². The van der Waals surface area contributed by atoms with Gasteiger partial charge in [-0.3, -0.25) is 0 Å². The highest BCUT2D eigenvalue weighted by atomic mass is 79.9. The molecule has 0 unspecified atom stereocenters. The van der Waals surface area contributed by atoms with E-state index in [4.69, 9.17) is 11.6 Å². The predicted molar refractivity (Wildman–Crippen MR) is 80.6 cm³/mol. The van der Waals surface area contributed by atoms with Crippen LogP contribution in [0.25, 0.3) is 0 Å². The van der Waals surface area contributed by atoms with Gasteiger partial charge in [-0.1, -0.05) is 51.8 Å². The molecule has 0 aliphatic rings. The SMILES string of the molecule is Fc1cc(Br)ccc1CSCc1ccccc1Cl. The van der Waals surface area contributed by atoms with Crippen molar-refractivity contribution in [2.75, 3.05) is 0 Å². The van der Waals surface area contributed by atoms with Crippen molar-refractivity contribution in [2.24, 2.45) is 0 Å². The molecule has 0 aromatic heterocycles. The van der Waals surface area contributed by atoms with Crippen molar-refractivity contribution in [3.05, 3.63) is 68.9 Å². The van der Waals surface area contributed by atoms with Crippen LogP contribution in [-0.2, 0) is 11.5 Å². The Bertz CT molecular complexity index is 545. The molecule has 2 rings (SSSR count). The van der Waals surface area contributed by atoms with Crippen LogP contribution in [0.5, 0.6) is 0 Å². The molecule has 0 aliphatic heterocycles. The van der Waals surface area contributed by atoms with Gasteiger partial charge in [0, 0.05) is 21.0 Å². The fourth-order valence-electron chi connectivity index (χ4n) is 1.53. The molecule has 4 heteroatoms. The summed E-state index contributed by atoms with van der Waals surface area (Å²) in [7, 11) is 0. The third kappa shape index (κ3) is 3.74. The minimum Gasteiger partial charge on any atom is -0.207 e. The smallest absolute Gasteiger partial charge is 0.128 e. The zero-order chi connectivity index (χ0) is 13.0. The second kappa shape index (κ2) is 6.60. The third-order valence-corrected chi connectivity index (χ3v) is 4.38. The first-order chi connectivity index (χ1) is 8.66. The monoisotopic (exact) mass is 344 g/mol. The highest BCUT2D eigenvalue weighted by molar-refractivity contribution is 9.10. The van der Waals surface area contributed by atoms with Crippen LogP contribution >= 0.6 is 39.3 Å². The zero-order valence-electron chi connectivity index (χ0n) is 9.50. The number of rotatable bonds is 4. The minimum atomic E-state index is -0.170. The van der Waals surface area contributed by atoms with Gasteiger partial charge in [0.2, 0.25) is 0 Å². The van der Waals surface area contributed by atoms with E-state index in [1.54, 1.807) is 17.8 Å².